The van der Waals surface area contributed by atoms with Crippen LogP contribution in [0.3, 0.4) is 0 Å². The molecule has 10 heteroatoms. The van der Waals surface area contributed by atoms with Crippen LogP contribution < -0.4 is 10.1 Å². The Kier molecular flexibility index (Phi) is 5.79. The molecule has 3 aromatic heterocycles. The monoisotopic (exact) mass is 433 g/mol. The molecule has 31 heavy (non-hydrogen) atoms. The second-order valence-electron chi connectivity index (χ2n) is 7.56. The number of nitrogens with one attached hydrogen (secondary N) is 1. The predicted octanol–water partition coefficient (Wildman–Crippen LogP) is 3.73. The third-order valence-electron chi connectivity index (χ3n) is 5.07. The van der Waals surface area contributed by atoms with Crippen molar-refractivity contribution in [3.05, 3.63) is 47.0 Å². The van der Waals surface area contributed by atoms with Crippen molar-refractivity contribution >= 4 is 17.1 Å². The number of nitrogens with zero attached hydrogens (tertiary/aromatic N) is 4. The van der Waals surface area contributed by atoms with Gasteiger partial charge in [-0.05, 0) is 37.5 Å². The van der Waals surface area contributed by atoms with Crippen LogP contribution in [-0.4, -0.2) is 38.2 Å². The van der Waals surface area contributed by atoms with E-state index in [9.17, 15) is 18.0 Å². The molecule has 0 aliphatic carbocycles. The van der Waals surface area contributed by atoms with E-state index in [0.717, 1.165) is 43.7 Å². The van der Waals surface area contributed by atoms with Gasteiger partial charge in [0.15, 0.2) is 12.3 Å². The number of rotatable bonds is 5. The molecule has 0 bridgehead atoms. The normalized spacial score (nSPS) is 14.2. The van der Waals surface area contributed by atoms with Crippen LogP contribution in [0.5, 0.6) is 5.88 Å². The molecule has 0 radical (unpaired) electrons. The van der Waals surface area contributed by atoms with E-state index in [1.54, 1.807) is 12.1 Å². The second kappa shape index (κ2) is 8.52. The smallest absolute Gasteiger partial charge is 0.422 e. The molecule has 4 heterocycles. The zero-order chi connectivity index (χ0) is 22.0. The number of ether oxygens (including phenoxy) is 1. The highest BCUT2D eigenvalue weighted by Gasteiger charge is 2.28. The Bertz CT molecular complexity index is 1110. The average molecular weight is 433 g/mol. The lowest BCUT2D eigenvalue weighted by atomic mass is 10.1. The van der Waals surface area contributed by atoms with Crippen LogP contribution in [0.15, 0.2) is 24.4 Å². The number of aryl methyl sites for hydroxylation is 3. The number of pyridine rings is 2. The predicted molar refractivity (Wildman–Crippen MR) is 107 cm³/mol. The molecule has 0 saturated heterocycles. The number of imidazole rings is 1. The van der Waals surface area contributed by atoms with Gasteiger partial charge < -0.3 is 14.6 Å². The lowest BCUT2D eigenvalue weighted by molar-refractivity contribution is -0.154. The van der Waals surface area contributed by atoms with Crippen molar-refractivity contribution in [3.8, 4) is 5.88 Å². The van der Waals surface area contributed by atoms with Gasteiger partial charge in [-0.2, -0.15) is 13.2 Å². The first-order valence-corrected chi connectivity index (χ1v) is 10.1. The largest absolute Gasteiger partial charge is 0.468 e. The van der Waals surface area contributed by atoms with Crippen LogP contribution in [0.4, 0.5) is 13.2 Å². The average Bonchev–Trinajstić information content (AvgIpc) is 2.91. The minimum Gasteiger partial charge on any atom is -0.468 e. The molecule has 0 aromatic carbocycles. The van der Waals surface area contributed by atoms with E-state index in [0.29, 0.717) is 22.3 Å². The van der Waals surface area contributed by atoms with Crippen LogP contribution >= 0.6 is 0 Å². The summed E-state index contributed by atoms with van der Waals surface area (Å²) in [5.74, 6) is 0.475. The van der Waals surface area contributed by atoms with Crippen molar-refractivity contribution in [1.82, 2.24) is 24.8 Å². The molecular weight excluding hydrogens is 411 g/mol. The van der Waals surface area contributed by atoms with Crippen molar-refractivity contribution in [3.63, 3.8) is 0 Å². The van der Waals surface area contributed by atoms with Crippen LogP contribution in [0, 0.1) is 6.92 Å². The number of carbonyl (C=O) groups is 1. The summed E-state index contributed by atoms with van der Waals surface area (Å²) in [5.41, 5.74) is 3.02. The van der Waals surface area contributed by atoms with Crippen molar-refractivity contribution in [2.75, 3.05) is 6.61 Å². The maximum Gasteiger partial charge on any atom is 0.422 e. The van der Waals surface area contributed by atoms with Crippen LogP contribution in [0.1, 0.15) is 46.7 Å². The first kappa shape index (κ1) is 21.1. The zero-order valence-corrected chi connectivity index (χ0v) is 17.0. The molecule has 3 aromatic rings. The summed E-state index contributed by atoms with van der Waals surface area (Å²) >= 11 is 0. The molecule has 0 spiro atoms. The van der Waals surface area contributed by atoms with Gasteiger partial charge in [0.05, 0.1) is 5.56 Å². The molecule has 0 saturated carbocycles. The van der Waals surface area contributed by atoms with Gasteiger partial charge in [0.25, 0.3) is 5.91 Å². The minimum absolute atomic E-state index is 0.111. The fraction of sp³-hybridized carbons (Fsp3) is 0.429. The third-order valence-corrected chi connectivity index (χ3v) is 5.07. The van der Waals surface area contributed by atoms with E-state index >= 15 is 0 Å². The van der Waals surface area contributed by atoms with Gasteiger partial charge in [0, 0.05) is 37.5 Å². The van der Waals surface area contributed by atoms with Crippen LogP contribution in [0.2, 0.25) is 0 Å². The molecule has 1 N–H and O–H groups in total. The molecule has 164 valence electrons. The van der Waals surface area contributed by atoms with E-state index in [1.807, 2.05) is 6.92 Å². The van der Waals surface area contributed by atoms with Gasteiger partial charge in [-0.1, -0.05) is 6.42 Å². The van der Waals surface area contributed by atoms with Gasteiger partial charge in [-0.25, -0.2) is 15.0 Å². The summed E-state index contributed by atoms with van der Waals surface area (Å²) in [4.78, 5) is 26.0. The summed E-state index contributed by atoms with van der Waals surface area (Å²) in [5, 5.41) is 2.81. The number of hydrogen-bond donors (Lipinski definition) is 1. The molecule has 4 rings (SSSR count). The van der Waals surface area contributed by atoms with E-state index in [1.165, 1.54) is 12.3 Å². The Morgan fingerprint density at radius 2 is 2.06 bits per heavy atom. The number of halogens is 3. The molecule has 1 amide bonds. The van der Waals surface area contributed by atoms with Gasteiger partial charge in [0.2, 0.25) is 5.88 Å². The lowest BCUT2D eigenvalue weighted by Crippen LogP contribution is -2.24. The molecule has 1 aliphatic heterocycles. The van der Waals surface area contributed by atoms with E-state index in [2.05, 4.69) is 24.6 Å². The topological polar surface area (TPSA) is 81.9 Å². The SMILES string of the molecule is Cc1cc(C(=O)NCc2ccnc(OCC(F)(F)F)c2)c2nc3n(c2n1)CCCCC3. The zero-order valence-electron chi connectivity index (χ0n) is 17.0. The van der Waals surface area contributed by atoms with Gasteiger partial charge in [0.1, 0.15) is 11.3 Å². The number of alkyl halides is 3. The summed E-state index contributed by atoms with van der Waals surface area (Å²) in [6, 6.07) is 4.68. The lowest BCUT2D eigenvalue weighted by Gasteiger charge is -2.10. The third kappa shape index (κ3) is 4.95. The van der Waals surface area contributed by atoms with Crippen molar-refractivity contribution < 1.29 is 22.7 Å². The molecule has 0 unspecified atom stereocenters. The number of amides is 1. The maximum absolute atomic E-state index is 12.9. The first-order chi connectivity index (χ1) is 14.8. The maximum atomic E-state index is 12.9. The Morgan fingerprint density at radius 3 is 2.87 bits per heavy atom. The highest BCUT2D eigenvalue weighted by atomic mass is 19.4. The first-order valence-electron chi connectivity index (χ1n) is 10.1. The number of carbonyl (C=O) groups excluding carboxylic acids is 1. The standard InChI is InChI=1S/C21H22F3N5O2/c1-13-9-15(18-19(27-13)29-8-4-2-3-5-16(29)28-18)20(30)26-11-14-6-7-25-17(10-14)31-12-21(22,23)24/h6-7,9-10H,2-5,8,11-12H2,1H3,(H,26,30). The fourth-order valence-corrected chi connectivity index (χ4v) is 3.66. The Balaban J connectivity index is 1.52. The fourth-order valence-electron chi connectivity index (χ4n) is 3.66. The van der Waals surface area contributed by atoms with E-state index in [4.69, 9.17) is 4.98 Å². The van der Waals surface area contributed by atoms with E-state index in [-0.39, 0.29) is 18.3 Å². The van der Waals surface area contributed by atoms with Crippen LogP contribution in [0.25, 0.3) is 11.2 Å². The van der Waals surface area contributed by atoms with E-state index < -0.39 is 12.8 Å². The van der Waals surface area contributed by atoms with Crippen molar-refractivity contribution in [1.29, 1.82) is 0 Å². The Labute approximate surface area is 176 Å². The van der Waals surface area contributed by atoms with Crippen molar-refractivity contribution in [2.24, 2.45) is 0 Å². The van der Waals surface area contributed by atoms with Gasteiger partial charge in [-0.3, -0.25) is 4.79 Å². The molecular formula is C21H22F3N5O2. The number of aromatic nitrogens is 4. The number of fused-ring (bicyclic) bond motifs is 3. The summed E-state index contributed by atoms with van der Waals surface area (Å²) in [6.07, 6.45) is 1.01. The van der Waals surface area contributed by atoms with Crippen molar-refractivity contribution in [2.45, 2.75) is 51.9 Å². The molecule has 0 fully saturated rings. The summed E-state index contributed by atoms with van der Waals surface area (Å²) < 4.78 is 43.7. The summed E-state index contributed by atoms with van der Waals surface area (Å²) in [7, 11) is 0. The Morgan fingerprint density at radius 1 is 1.23 bits per heavy atom. The Hall–Kier alpha value is -3.17. The minimum atomic E-state index is -4.45. The highest BCUT2D eigenvalue weighted by molar-refractivity contribution is 6.04. The molecule has 1 aliphatic rings. The quantitative estimate of drug-likeness (QED) is 0.663. The van der Waals surface area contributed by atoms with Gasteiger partial charge >= 0.3 is 6.18 Å². The highest BCUT2D eigenvalue weighted by Crippen LogP contribution is 2.24. The van der Waals surface area contributed by atoms with Gasteiger partial charge in [-0.15, -0.1) is 0 Å². The van der Waals surface area contributed by atoms with Crippen LogP contribution in [-0.2, 0) is 19.5 Å². The molecule has 7 nitrogen and oxygen atoms in total. The molecule has 0 atom stereocenters. The number of hydrogen-bond acceptors (Lipinski definition) is 5. The summed E-state index contributed by atoms with van der Waals surface area (Å²) in [6.45, 7) is 1.36. The second-order valence-corrected chi connectivity index (χ2v) is 7.56.